The van der Waals surface area contributed by atoms with Gasteiger partial charge in [0.15, 0.2) is 9.84 Å². The van der Waals surface area contributed by atoms with Crippen molar-refractivity contribution in [2.75, 3.05) is 42.3 Å². The highest BCUT2D eigenvalue weighted by Gasteiger charge is 2.19. The second kappa shape index (κ2) is 9.40. The lowest BCUT2D eigenvalue weighted by Gasteiger charge is -2.27. The molecule has 3 rings (SSSR count). The molecule has 2 heterocycles. The number of benzene rings is 1. The molecule has 1 saturated heterocycles. The molecule has 2 aromatic rings. The molecule has 0 spiro atoms. The van der Waals surface area contributed by atoms with Gasteiger partial charge in [0.05, 0.1) is 29.5 Å². The van der Waals surface area contributed by atoms with Crippen LogP contribution in [0, 0.1) is 6.92 Å². The fourth-order valence-corrected chi connectivity index (χ4v) is 4.31. The van der Waals surface area contributed by atoms with E-state index in [2.05, 4.69) is 15.3 Å². The molecule has 30 heavy (non-hydrogen) atoms. The summed E-state index contributed by atoms with van der Waals surface area (Å²) in [6, 6.07) is 6.30. The number of anilines is 2. The Hall–Kier alpha value is -2.72. The third-order valence-corrected chi connectivity index (χ3v) is 6.78. The number of nitrogens with zero attached hydrogens (tertiary/aromatic N) is 2. The summed E-state index contributed by atoms with van der Waals surface area (Å²) >= 11 is 0. The number of rotatable bonds is 7. The van der Waals surface area contributed by atoms with Crippen LogP contribution in [-0.4, -0.2) is 56.3 Å². The minimum absolute atomic E-state index is 0.0308. The third-order valence-electron chi connectivity index (χ3n) is 5.00. The Bertz CT molecular complexity index is 1070. The van der Waals surface area contributed by atoms with Gasteiger partial charge in [-0.2, -0.15) is 0 Å². The summed E-state index contributed by atoms with van der Waals surface area (Å²) in [4.78, 5) is 34.3. The molecular weight excluding hydrogens is 408 g/mol. The lowest BCUT2D eigenvalue weighted by Crippen LogP contribution is -2.38. The molecule has 1 aliphatic heterocycles. The summed E-state index contributed by atoms with van der Waals surface area (Å²) in [5, 5.41) is 2.65. The van der Waals surface area contributed by atoms with E-state index in [1.54, 1.807) is 32.0 Å². The smallest absolute Gasteiger partial charge is 0.255 e. The van der Waals surface area contributed by atoms with Crippen LogP contribution in [0.15, 0.2) is 34.0 Å². The van der Waals surface area contributed by atoms with Crippen LogP contribution in [-0.2, 0) is 25.8 Å². The number of carbonyl (C=O) groups excluding carboxylic acids is 1. The number of amides is 1. The molecule has 1 aromatic heterocycles. The topological polar surface area (TPSA) is 121 Å². The quantitative estimate of drug-likeness (QED) is 0.673. The molecule has 2 N–H and O–H groups in total. The molecule has 1 aromatic carbocycles. The molecule has 10 heteroatoms. The predicted octanol–water partition coefficient (Wildman–Crippen LogP) is 1.28. The molecule has 9 nitrogen and oxygen atoms in total. The Labute approximate surface area is 175 Å². The van der Waals surface area contributed by atoms with Crippen molar-refractivity contribution >= 4 is 27.4 Å². The molecular formula is C20H26N4O5S. The Balaban J connectivity index is 1.69. The van der Waals surface area contributed by atoms with E-state index in [0.29, 0.717) is 43.5 Å². The Kier molecular flexibility index (Phi) is 6.88. The van der Waals surface area contributed by atoms with Crippen molar-refractivity contribution in [2.24, 2.45) is 0 Å². The summed E-state index contributed by atoms with van der Waals surface area (Å²) < 4.78 is 29.7. The zero-order valence-corrected chi connectivity index (χ0v) is 17.9. The van der Waals surface area contributed by atoms with Crippen molar-refractivity contribution < 1.29 is 17.9 Å². The first-order valence-electron chi connectivity index (χ1n) is 9.86. The van der Waals surface area contributed by atoms with Crippen LogP contribution in [0.3, 0.4) is 0 Å². The van der Waals surface area contributed by atoms with Crippen molar-refractivity contribution in [1.82, 2.24) is 9.97 Å². The number of aryl methyl sites for hydroxylation is 1. The van der Waals surface area contributed by atoms with E-state index in [9.17, 15) is 18.0 Å². The van der Waals surface area contributed by atoms with Crippen molar-refractivity contribution in [3.05, 3.63) is 45.9 Å². The van der Waals surface area contributed by atoms with Crippen LogP contribution in [0.2, 0.25) is 0 Å². The highest BCUT2D eigenvalue weighted by atomic mass is 32.2. The van der Waals surface area contributed by atoms with Gasteiger partial charge in [-0.1, -0.05) is 19.1 Å². The zero-order chi connectivity index (χ0) is 21.7. The maximum absolute atomic E-state index is 12.5. The van der Waals surface area contributed by atoms with Gasteiger partial charge >= 0.3 is 0 Å². The molecule has 0 saturated carbocycles. The van der Waals surface area contributed by atoms with E-state index in [-0.39, 0.29) is 40.6 Å². The first-order valence-corrected chi connectivity index (χ1v) is 11.5. The fourth-order valence-electron chi connectivity index (χ4n) is 3.26. The van der Waals surface area contributed by atoms with Gasteiger partial charge in [0.1, 0.15) is 0 Å². The molecule has 0 radical (unpaired) electrons. The molecule has 162 valence electrons. The highest BCUT2D eigenvalue weighted by Crippen LogP contribution is 2.22. The van der Waals surface area contributed by atoms with E-state index in [1.807, 2.05) is 4.90 Å². The predicted molar refractivity (Wildman–Crippen MR) is 114 cm³/mol. The minimum atomic E-state index is -3.46. The summed E-state index contributed by atoms with van der Waals surface area (Å²) in [5.41, 5.74) is 0.986. The Morgan fingerprint density at radius 3 is 2.63 bits per heavy atom. The third kappa shape index (κ3) is 5.06. The van der Waals surface area contributed by atoms with E-state index >= 15 is 0 Å². The Morgan fingerprint density at radius 1 is 1.27 bits per heavy atom. The largest absolute Gasteiger partial charge is 0.378 e. The van der Waals surface area contributed by atoms with Gasteiger partial charge in [-0.05, 0) is 25.5 Å². The standard InChI is InChI=1S/C20H26N4O5S/c1-3-30(27,28)17-7-5-4-6-16(17)22-18(25)9-8-15-14(2)21-20(23-19(15)26)24-10-12-29-13-11-24/h4-7H,3,8-13H2,1-2H3,(H,22,25)(H,21,23,26). The second-order valence-electron chi connectivity index (χ2n) is 7.00. The normalized spacial score (nSPS) is 14.5. The lowest BCUT2D eigenvalue weighted by molar-refractivity contribution is -0.116. The number of carbonyl (C=O) groups is 1. The van der Waals surface area contributed by atoms with E-state index in [0.717, 1.165) is 0 Å². The van der Waals surface area contributed by atoms with Gasteiger partial charge in [0.2, 0.25) is 11.9 Å². The number of hydrogen-bond acceptors (Lipinski definition) is 7. The second-order valence-corrected chi connectivity index (χ2v) is 9.25. The average molecular weight is 435 g/mol. The minimum Gasteiger partial charge on any atom is -0.378 e. The number of morpholine rings is 1. The number of sulfone groups is 1. The molecule has 0 bridgehead atoms. The number of ether oxygens (including phenoxy) is 1. The molecule has 1 aliphatic rings. The monoisotopic (exact) mass is 434 g/mol. The number of aromatic amines is 1. The van der Waals surface area contributed by atoms with Gasteiger partial charge in [-0.3, -0.25) is 14.6 Å². The van der Waals surface area contributed by atoms with Crippen molar-refractivity contribution in [3.63, 3.8) is 0 Å². The maximum Gasteiger partial charge on any atom is 0.255 e. The van der Waals surface area contributed by atoms with Crippen LogP contribution in [0.1, 0.15) is 24.6 Å². The summed E-state index contributed by atoms with van der Waals surface area (Å²) in [7, 11) is -3.46. The summed E-state index contributed by atoms with van der Waals surface area (Å²) in [6.45, 7) is 5.78. The first kappa shape index (κ1) is 22.0. The molecule has 0 unspecified atom stereocenters. The Morgan fingerprint density at radius 2 is 1.97 bits per heavy atom. The van der Waals surface area contributed by atoms with Crippen molar-refractivity contribution in [1.29, 1.82) is 0 Å². The average Bonchev–Trinajstić information content (AvgIpc) is 2.74. The van der Waals surface area contributed by atoms with Crippen LogP contribution in [0.5, 0.6) is 0 Å². The number of H-pyrrole nitrogens is 1. The van der Waals surface area contributed by atoms with E-state index in [1.165, 1.54) is 6.07 Å². The lowest BCUT2D eigenvalue weighted by atomic mass is 10.1. The van der Waals surface area contributed by atoms with E-state index in [4.69, 9.17) is 4.74 Å². The molecule has 0 atom stereocenters. The van der Waals surface area contributed by atoms with Crippen LogP contribution >= 0.6 is 0 Å². The molecule has 1 amide bonds. The highest BCUT2D eigenvalue weighted by molar-refractivity contribution is 7.91. The maximum atomic E-state index is 12.5. The van der Waals surface area contributed by atoms with Gasteiger partial charge in [-0.15, -0.1) is 0 Å². The zero-order valence-electron chi connectivity index (χ0n) is 17.1. The van der Waals surface area contributed by atoms with Crippen LogP contribution in [0.25, 0.3) is 0 Å². The van der Waals surface area contributed by atoms with Gasteiger partial charge in [0.25, 0.3) is 5.56 Å². The summed E-state index contributed by atoms with van der Waals surface area (Å²) in [5.74, 6) is 0.0767. The van der Waals surface area contributed by atoms with Gasteiger partial charge in [-0.25, -0.2) is 13.4 Å². The number of aromatic nitrogens is 2. The summed E-state index contributed by atoms with van der Waals surface area (Å²) in [6.07, 6.45) is 0.231. The van der Waals surface area contributed by atoms with Gasteiger partial charge in [0, 0.05) is 30.8 Å². The SMILES string of the molecule is CCS(=O)(=O)c1ccccc1NC(=O)CCc1c(C)nc(N2CCOCC2)[nH]c1=O. The number of hydrogen-bond donors (Lipinski definition) is 2. The molecule has 0 aliphatic carbocycles. The van der Waals surface area contributed by atoms with Gasteiger partial charge < -0.3 is 15.0 Å². The van der Waals surface area contributed by atoms with E-state index < -0.39 is 9.84 Å². The molecule has 1 fully saturated rings. The number of nitrogens with one attached hydrogen (secondary N) is 2. The van der Waals surface area contributed by atoms with Crippen LogP contribution < -0.4 is 15.8 Å². The number of para-hydroxylation sites is 1. The fraction of sp³-hybridized carbons (Fsp3) is 0.450. The first-order chi connectivity index (χ1) is 14.3. The van der Waals surface area contributed by atoms with Crippen molar-refractivity contribution in [3.8, 4) is 0 Å². The van der Waals surface area contributed by atoms with Crippen molar-refractivity contribution in [2.45, 2.75) is 31.6 Å². The van der Waals surface area contributed by atoms with Crippen LogP contribution in [0.4, 0.5) is 11.6 Å².